The fraction of sp³-hybridized carbons (Fsp3) is 0.588. The molecule has 1 aromatic rings. The second-order valence-electron chi connectivity index (χ2n) is 6.30. The Kier molecular flexibility index (Phi) is 5.13. The van der Waals surface area contributed by atoms with E-state index in [1.54, 1.807) is 6.92 Å². The molecule has 0 aliphatic heterocycles. The van der Waals surface area contributed by atoms with Crippen molar-refractivity contribution in [2.45, 2.75) is 65.7 Å². The van der Waals surface area contributed by atoms with Crippen molar-refractivity contribution in [1.82, 2.24) is 0 Å². The summed E-state index contributed by atoms with van der Waals surface area (Å²) in [6.07, 6.45) is 3.92. The summed E-state index contributed by atoms with van der Waals surface area (Å²) in [5, 5.41) is 0. The fourth-order valence-corrected chi connectivity index (χ4v) is 2.10. The lowest BCUT2D eigenvalue weighted by molar-refractivity contribution is -0.117. The zero-order valence-electron chi connectivity index (χ0n) is 12.5. The van der Waals surface area contributed by atoms with E-state index in [2.05, 4.69) is 45.9 Å². The Morgan fingerprint density at radius 1 is 1.17 bits per heavy atom. The highest BCUT2D eigenvalue weighted by atomic mass is 16.1. The minimum Gasteiger partial charge on any atom is -0.300 e. The molecule has 0 aliphatic carbocycles. The Balaban J connectivity index is 2.67. The molecule has 100 valence electrons. The number of carbonyl (C=O) groups excluding carboxylic acids is 1. The summed E-state index contributed by atoms with van der Waals surface area (Å²) >= 11 is 0. The van der Waals surface area contributed by atoms with Crippen molar-refractivity contribution in [2.24, 2.45) is 0 Å². The van der Waals surface area contributed by atoms with Crippen LogP contribution in [0, 0.1) is 6.92 Å². The quantitative estimate of drug-likeness (QED) is 0.694. The van der Waals surface area contributed by atoms with E-state index in [1.807, 2.05) is 0 Å². The minimum absolute atomic E-state index is 0.210. The number of rotatable bonds is 5. The van der Waals surface area contributed by atoms with Gasteiger partial charge in [0.15, 0.2) is 0 Å². The zero-order valence-corrected chi connectivity index (χ0v) is 12.5. The molecule has 0 saturated heterocycles. The SMILES string of the molecule is CC(=O)CCCCc1cc(C(C)(C)C)ccc1C. The first-order chi connectivity index (χ1) is 8.30. The Hall–Kier alpha value is -1.11. The van der Waals surface area contributed by atoms with Crippen LogP contribution in [-0.4, -0.2) is 5.78 Å². The molecule has 0 radical (unpaired) electrons. The maximum atomic E-state index is 10.9. The number of hydrogen-bond donors (Lipinski definition) is 0. The van der Waals surface area contributed by atoms with Gasteiger partial charge in [-0.05, 0) is 55.2 Å². The molecule has 18 heavy (non-hydrogen) atoms. The number of Topliss-reactive ketones (excluding diaryl/α,β-unsaturated/α-hetero) is 1. The van der Waals surface area contributed by atoms with E-state index in [0.717, 1.165) is 25.7 Å². The van der Waals surface area contributed by atoms with Crippen LogP contribution in [0.4, 0.5) is 0 Å². The third-order valence-corrected chi connectivity index (χ3v) is 3.44. The van der Waals surface area contributed by atoms with Crippen molar-refractivity contribution >= 4 is 5.78 Å². The van der Waals surface area contributed by atoms with Crippen LogP contribution in [0.2, 0.25) is 0 Å². The lowest BCUT2D eigenvalue weighted by atomic mass is 9.84. The van der Waals surface area contributed by atoms with Gasteiger partial charge in [-0.2, -0.15) is 0 Å². The Morgan fingerprint density at radius 3 is 2.39 bits per heavy atom. The van der Waals surface area contributed by atoms with E-state index in [9.17, 15) is 4.79 Å². The third kappa shape index (κ3) is 4.64. The van der Waals surface area contributed by atoms with Crippen LogP contribution in [0.25, 0.3) is 0 Å². The van der Waals surface area contributed by atoms with E-state index in [-0.39, 0.29) is 5.41 Å². The summed E-state index contributed by atoms with van der Waals surface area (Å²) in [5.74, 6) is 0.301. The average molecular weight is 246 g/mol. The normalized spacial score (nSPS) is 11.6. The monoisotopic (exact) mass is 246 g/mol. The average Bonchev–Trinajstić information content (AvgIpc) is 2.24. The van der Waals surface area contributed by atoms with Gasteiger partial charge in [0.2, 0.25) is 0 Å². The molecule has 0 aromatic heterocycles. The lowest BCUT2D eigenvalue weighted by Crippen LogP contribution is -2.11. The van der Waals surface area contributed by atoms with Crippen molar-refractivity contribution in [3.8, 4) is 0 Å². The number of carbonyl (C=O) groups is 1. The van der Waals surface area contributed by atoms with E-state index in [4.69, 9.17) is 0 Å². The number of hydrogen-bond acceptors (Lipinski definition) is 1. The van der Waals surface area contributed by atoms with Crippen LogP contribution in [-0.2, 0) is 16.6 Å². The largest absolute Gasteiger partial charge is 0.300 e. The second-order valence-corrected chi connectivity index (χ2v) is 6.30. The van der Waals surface area contributed by atoms with Gasteiger partial charge in [0.05, 0.1) is 0 Å². The second kappa shape index (κ2) is 6.17. The van der Waals surface area contributed by atoms with Crippen LogP contribution in [0.15, 0.2) is 18.2 Å². The molecule has 0 spiro atoms. The minimum atomic E-state index is 0.210. The maximum Gasteiger partial charge on any atom is 0.129 e. The number of unbranched alkanes of at least 4 members (excludes halogenated alkanes) is 1. The summed E-state index contributed by atoms with van der Waals surface area (Å²) in [6, 6.07) is 6.79. The first-order valence-electron chi connectivity index (χ1n) is 6.90. The number of benzene rings is 1. The molecule has 1 nitrogen and oxygen atoms in total. The predicted molar refractivity (Wildman–Crippen MR) is 78.1 cm³/mol. The molecule has 0 N–H and O–H groups in total. The van der Waals surface area contributed by atoms with Crippen molar-refractivity contribution in [3.63, 3.8) is 0 Å². The molecule has 0 fully saturated rings. The summed E-state index contributed by atoms with van der Waals surface area (Å²) in [4.78, 5) is 10.9. The molecule has 0 atom stereocenters. The predicted octanol–water partition coefficient (Wildman–Crippen LogP) is 4.59. The van der Waals surface area contributed by atoms with Crippen molar-refractivity contribution < 1.29 is 4.79 Å². The third-order valence-electron chi connectivity index (χ3n) is 3.44. The summed E-state index contributed by atoms with van der Waals surface area (Å²) in [5.41, 5.74) is 4.41. The van der Waals surface area contributed by atoms with Gasteiger partial charge in [-0.3, -0.25) is 0 Å². The summed E-state index contributed by atoms with van der Waals surface area (Å²) in [7, 11) is 0. The Morgan fingerprint density at radius 2 is 1.83 bits per heavy atom. The molecule has 0 heterocycles. The molecule has 0 saturated carbocycles. The smallest absolute Gasteiger partial charge is 0.129 e. The van der Waals surface area contributed by atoms with Crippen LogP contribution in [0.5, 0.6) is 0 Å². The molecule has 0 amide bonds. The van der Waals surface area contributed by atoms with Crippen LogP contribution in [0.3, 0.4) is 0 Å². The molecule has 1 heteroatoms. The number of aryl methyl sites for hydroxylation is 2. The lowest BCUT2D eigenvalue weighted by Gasteiger charge is -2.21. The van der Waals surface area contributed by atoms with E-state index in [1.165, 1.54) is 16.7 Å². The highest BCUT2D eigenvalue weighted by molar-refractivity contribution is 5.75. The summed E-state index contributed by atoms with van der Waals surface area (Å²) in [6.45, 7) is 10.6. The van der Waals surface area contributed by atoms with Crippen LogP contribution >= 0.6 is 0 Å². The van der Waals surface area contributed by atoms with Crippen molar-refractivity contribution in [3.05, 3.63) is 34.9 Å². The first-order valence-corrected chi connectivity index (χ1v) is 6.90. The van der Waals surface area contributed by atoms with Crippen molar-refractivity contribution in [1.29, 1.82) is 0 Å². The highest BCUT2D eigenvalue weighted by Crippen LogP contribution is 2.25. The van der Waals surface area contributed by atoms with E-state index in [0.29, 0.717) is 5.78 Å². The van der Waals surface area contributed by atoms with E-state index < -0.39 is 0 Å². The molecular weight excluding hydrogens is 220 g/mol. The van der Waals surface area contributed by atoms with Crippen molar-refractivity contribution in [2.75, 3.05) is 0 Å². The standard InChI is InChI=1S/C17H26O/c1-13-10-11-16(17(3,4)5)12-15(13)9-7-6-8-14(2)18/h10-12H,6-9H2,1-5H3. The van der Waals surface area contributed by atoms with Gasteiger partial charge in [0.25, 0.3) is 0 Å². The molecule has 0 bridgehead atoms. The van der Waals surface area contributed by atoms with Gasteiger partial charge in [-0.15, -0.1) is 0 Å². The van der Waals surface area contributed by atoms with Gasteiger partial charge >= 0.3 is 0 Å². The van der Waals surface area contributed by atoms with Gasteiger partial charge in [0, 0.05) is 6.42 Å². The zero-order chi connectivity index (χ0) is 13.8. The summed E-state index contributed by atoms with van der Waals surface area (Å²) < 4.78 is 0. The Bertz CT molecular complexity index is 410. The van der Waals surface area contributed by atoms with Gasteiger partial charge in [-0.25, -0.2) is 0 Å². The first kappa shape index (κ1) is 14.9. The topological polar surface area (TPSA) is 17.1 Å². The van der Waals surface area contributed by atoms with Crippen LogP contribution < -0.4 is 0 Å². The Labute approximate surface area is 112 Å². The molecule has 1 rings (SSSR count). The number of ketones is 1. The van der Waals surface area contributed by atoms with Gasteiger partial charge in [-0.1, -0.05) is 39.0 Å². The van der Waals surface area contributed by atoms with Gasteiger partial charge < -0.3 is 4.79 Å². The fourth-order valence-electron chi connectivity index (χ4n) is 2.10. The van der Waals surface area contributed by atoms with E-state index >= 15 is 0 Å². The molecule has 0 unspecified atom stereocenters. The molecular formula is C17H26O. The maximum absolute atomic E-state index is 10.9. The highest BCUT2D eigenvalue weighted by Gasteiger charge is 2.14. The van der Waals surface area contributed by atoms with Crippen LogP contribution in [0.1, 0.15) is 63.6 Å². The molecule has 0 aliphatic rings. The molecule has 1 aromatic carbocycles. The van der Waals surface area contributed by atoms with Gasteiger partial charge in [0.1, 0.15) is 5.78 Å².